The highest BCUT2D eigenvalue weighted by Crippen LogP contribution is 2.31. The first-order valence-corrected chi connectivity index (χ1v) is 11.4. The summed E-state index contributed by atoms with van der Waals surface area (Å²) in [5, 5.41) is 1.51. The van der Waals surface area contributed by atoms with Crippen LogP contribution in [0.4, 0.5) is 0 Å². The van der Waals surface area contributed by atoms with E-state index in [1.807, 2.05) is 39.0 Å². The predicted octanol–water partition coefficient (Wildman–Crippen LogP) is 5.63. The monoisotopic (exact) mass is 454 g/mol. The molecule has 180 valence electrons. The number of amides is 2. The lowest BCUT2D eigenvalue weighted by Gasteiger charge is -2.40. The van der Waals surface area contributed by atoms with E-state index < -0.39 is 5.91 Å². The Hall–Kier alpha value is -3.02. The Labute approximate surface area is 198 Å². The first-order valence-electron chi connectivity index (χ1n) is 11.4. The summed E-state index contributed by atoms with van der Waals surface area (Å²) in [5.41, 5.74) is 6.38. The number of aryl methyl sites for hydroxylation is 2. The maximum Gasteiger partial charge on any atom is 0.272 e. The van der Waals surface area contributed by atoms with Gasteiger partial charge in [0.25, 0.3) is 11.8 Å². The zero-order chi connectivity index (χ0) is 24.9. The van der Waals surface area contributed by atoms with E-state index in [0.717, 1.165) is 29.5 Å². The first kappa shape index (κ1) is 26.2. The normalized spacial score (nSPS) is 12.2. The van der Waals surface area contributed by atoms with Gasteiger partial charge in [0.1, 0.15) is 11.5 Å². The van der Waals surface area contributed by atoms with Crippen LogP contribution in [0.25, 0.3) is 0 Å². The van der Waals surface area contributed by atoms with Crippen molar-refractivity contribution in [3.63, 3.8) is 0 Å². The molecule has 0 unspecified atom stereocenters. The summed E-state index contributed by atoms with van der Waals surface area (Å²) in [4.78, 5) is 27.1. The molecule has 0 aliphatic heterocycles. The van der Waals surface area contributed by atoms with Gasteiger partial charge >= 0.3 is 0 Å². The smallest absolute Gasteiger partial charge is 0.272 e. The average molecular weight is 455 g/mol. The fraction of sp³-hybridized carbons (Fsp3) is 0.481. The Bertz CT molecular complexity index is 962. The predicted molar refractivity (Wildman–Crippen MR) is 132 cm³/mol. The molecular weight excluding hydrogens is 416 g/mol. The molecule has 2 rings (SSSR count). The number of carbonyl (C=O) groups excluding carboxylic acids is 2. The van der Waals surface area contributed by atoms with Gasteiger partial charge in [0.05, 0.1) is 20.3 Å². The molecule has 0 bridgehead atoms. The minimum atomic E-state index is -0.394. The van der Waals surface area contributed by atoms with Crippen molar-refractivity contribution in [3.05, 3.63) is 58.1 Å². The van der Waals surface area contributed by atoms with Crippen LogP contribution in [0.2, 0.25) is 0 Å². The number of rotatable bonds is 7. The molecule has 0 fully saturated rings. The number of hydrazine groups is 1. The number of nitrogens with zero attached hydrogens (tertiary/aromatic N) is 1. The Balaban J connectivity index is 2.54. The largest absolute Gasteiger partial charge is 0.496 e. The number of ether oxygens (including phenoxy) is 2. The molecule has 0 aliphatic rings. The minimum absolute atomic E-state index is 0.200. The lowest BCUT2D eigenvalue weighted by atomic mass is 9.83. The quantitative estimate of drug-likeness (QED) is 0.551. The Morgan fingerprint density at radius 2 is 1.42 bits per heavy atom. The Morgan fingerprint density at radius 3 is 1.85 bits per heavy atom. The summed E-state index contributed by atoms with van der Waals surface area (Å²) in [7, 11) is 3.10. The summed E-state index contributed by atoms with van der Waals surface area (Å²) in [6.07, 6.45) is 1.63. The maximum atomic E-state index is 13.7. The maximum absolute atomic E-state index is 13.7. The van der Waals surface area contributed by atoms with Crippen LogP contribution in [0, 0.1) is 26.2 Å². The van der Waals surface area contributed by atoms with Gasteiger partial charge < -0.3 is 9.47 Å². The molecule has 6 heteroatoms. The van der Waals surface area contributed by atoms with Gasteiger partial charge in [-0.05, 0) is 56.9 Å². The van der Waals surface area contributed by atoms with Crippen LogP contribution >= 0.6 is 0 Å². The summed E-state index contributed by atoms with van der Waals surface area (Å²) in [6.45, 7) is 14.1. The second-order valence-electron chi connectivity index (χ2n) is 9.67. The van der Waals surface area contributed by atoms with Crippen LogP contribution < -0.4 is 14.9 Å². The van der Waals surface area contributed by atoms with E-state index in [1.165, 1.54) is 5.01 Å². The second kappa shape index (κ2) is 10.7. The fourth-order valence-corrected chi connectivity index (χ4v) is 4.12. The number of hydrogen-bond donors (Lipinski definition) is 1. The molecule has 0 saturated heterocycles. The van der Waals surface area contributed by atoms with Gasteiger partial charge in [-0.1, -0.05) is 51.3 Å². The molecule has 0 aliphatic carbocycles. The molecule has 0 spiro atoms. The number of carbonyl (C=O) groups is 2. The van der Waals surface area contributed by atoms with Gasteiger partial charge in [-0.2, -0.15) is 0 Å². The van der Waals surface area contributed by atoms with Gasteiger partial charge in [0, 0.05) is 16.7 Å². The minimum Gasteiger partial charge on any atom is -0.496 e. The molecule has 2 aromatic carbocycles. The third kappa shape index (κ3) is 6.28. The van der Waals surface area contributed by atoms with Crippen molar-refractivity contribution in [2.45, 2.75) is 67.3 Å². The van der Waals surface area contributed by atoms with Gasteiger partial charge in [-0.3, -0.25) is 15.0 Å². The van der Waals surface area contributed by atoms with Crippen LogP contribution in [0.3, 0.4) is 0 Å². The van der Waals surface area contributed by atoms with Crippen molar-refractivity contribution >= 4 is 11.8 Å². The van der Waals surface area contributed by atoms with Crippen LogP contribution in [-0.2, 0) is 0 Å². The lowest BCUT2D eigenvalue weighted by Crippen LogP contribution is -2.56. The standard InChI is InChI=1S/C27H38N2O4/c1-10-11-24(27(5,6)7)29(26(31)21-13-17(2)12-18(3)14-21)28-25(30)20-15-22(32-8)19(4)23(16-20)33-9/h12-16,24H,10-11H2,1-9H3,(H,28,30)/t24-/m1/s1. The molecule has 1 N–H and O–H groups in total. The molecule has 0 aromatic heterocycles. The van der Waals surface area contributed by atoms with E-state index in [4.69, 9.17) is 9.47 Å². The highest BCUT2D eigenvalue weighted by Gasteiger charge is 2.35. The highest BCUT2D eigenvalue weighted by molar-refractivity contribution is 6.00. The van der Waals surface area contributed by atoms with Gasteiger partial charge in [0.2, 0.25) is 0 Å². The Morgan fingerprint density at radius 1 is 0.909 bits per heavy atom. The van der Waals surface area contributed by atoms with Crippen molar-refractivity contribution < 1.29 is 19.1 Å². The molecule has 2 aromatic rings. The topological polar surface area (TPSA) is 67.9 Å². The van der Waals surface area contributed by atoms with Gasteiger partial charge in [-0.15, -0.1) is 0 Å². The van der Waals surface area contributed by atoms with Crippen LogP contribution in [0.15, 0.2) is 30.3 Å². The van der Waals surface area contributed by atoms with Crippen LogP contribution in [0.5, 0.6) is 11.5 Å². The van der Waals surface area contributed by atoms with E-state index in [-0.39, 0.29) is 17.4 Å². The van der Waals surface area contributed by atoms with Crippen molar-refractivity contribution in [2.75, 3.05) is 14.2 Å². The van der Waals surface area contributed by atoms with Gasteiger partial charge in [-0.25, -0.2) is 5.01 Å². The lowest BCUT2D eigenvalue weighted by molar-refractivity contribution is 0.0271. The molecule has 6 nitrogen and oxygen atoms in total. The van der Waals surface area contributed by atoms with Crippen molar-refractivity contribution in [1.29, 1.82) is 0 Å². The van der Waals surface area contributed by atoms with Crippen molar-refractivity contribution in [2.24, 2.45) is 5.41 Å². The first-order chi connectivity index (χ1) is 15.4. The van der Waals surface area contributed by atoms with E-state index in [9.17, 15) is 9.59 Å². The molecular formula is C27H38N2O4. The molecule has 0 heterocycles. The third-order valence-electron chi connectivity index (χ3n) is 5.80. The molecule has 0 radical (unpaired) electrons. The highest BCUT2D eigenvalue weighted by atomic mass is 16.5. The van der Waals surface area contributed by atoms with Crippen LogP contribution in [-0.4, -0.2) is 37.1 Å². The van der Waals surface area contributed by atoms with E-state index in [2.05, 4.69) is 33.1 Å². The summed E-state index contributed by atoms with van der Waals surface area (Å²) in [5.74, 6) is 0.476. The summed E-state index contributed by atoms with van der Waals surface area (Å²) >= 11 is 0. The summed E-state index contributed by atoms with van der Waals surface area (Å²) < 4.78 is 10.9. The third-order valence-corrected chi connectivity index (χ3v) is 5.80. The number of methoxy groups -OCH3 is 2. The number of nitrogens with one attached hydrogen (secondary N) is 1. The van der Waals surface area contributed by atoms with E-state index in [0.29, 0.717) is 22.6 Å². The molecule has 0 saturated carbocycles. The average Bonchev–Trinajstić information content (AvgIpc) is 2.74. The van der Waals surface area contributed by atoms with Crippen molar-refractivity contribution in [1.82, 2.24) is 10.4 Å². The zero-order valence-electron chi connectivity index (χ0n) is 21.5. The number of benzene rings is 2. The SMILES string of the molecule is CCC[C@@H](N(NC(=O)c1cc(OC)c(C)c(OC)c1)C(=O)c1cc(C)cc(C)c1)C(C)(C)C. The van der Waals surface area contributed by atoms with Crippen molar-refractivity contribution in [3.8, 4) is 11.5 Å². The zero-order valence-corrected chi connectivity index (χ0v) is 21.5. The molecule has 1 atom stereocenters. The summed E-state index contributed by atoms with van der Waals surface area (Å²) in [6, 6.07) is 8.87. The van der Waals surface area contributed by atoms with E-state index in [1.54, 1.807) is 26.4 Å². The van der Waals surface area contributed by atoms with Crippen LogP contribution in [0.1, 0.15) is 77.9 Å². The number of hydrogen-bond acceptors (Lipinski definition) is 4. The second-order valence-corrected chi connectivity index (χ2v) is 9.67. The molecule has 2 amide bonds. The fourth-order valence-electron chi connectivity index (χ4n) is 4.12. The Kier molecular flexibility index (Phi) is 8.53. The van der Waals surface area contributed by atoms with Gasteiger partial charge in [0.15, 0.2) is 0 Å². The molecule has 33 heavy (non-hydrogen) atoms. The van der Waals surface area contributed by atoms with E-state index >= 15 is 0 Å².